The number of alkyl halides is 3. The summed E-state index contributed by atoms with van der Waals surface area (Å²) in [5, 5.41) is 0. The van der Waals surface area contributed by atoms with Gasteiger partial charge in [-0.3, -0.25) is 0 Å². The lowest BCUT2D eigenvalue weighted by Crippen LogP contribution is -2.43. The predicted molar refractivity (Wildman–Crippen MR) is 67.8 cm³/mol. The fraction of sp³-hybridized carbons (Fsp3) is 0.615. The zero-order valence-corrected chi connectivity index (χ0v) is 10.8. The highest BCUT2D eigenvalue weighted by atomic mass is 19.4. The Labute approximate surface area is 110 Å². The zero-order chi connectivity index (χ0) is 14.0. The van der Waals surface area contributed by atoms with Crippen molar-refractivity contribution in [2.45, 2.75) is 19.5 Å². The third kappa shape index (κ3) is 3.18. The van der Waals surface area contributed by atoms with Crippen LogP contribution in [-0.2, 0) is 6.18 Å². The number of piperidine rings is 1. The number of hydrogen-bond donors (Lipinski definition) is 1. The van der Waals surface area contributed by atoms with Crippen LogP contribution in [0.4, 0.5) is 19.0 Å². The van der Waals surface area contributed by atoms with Crippen LogP contribution < -0.4 is 10.6 Å². The van der Waals surface area contributed by atoms with Crippen molar-refractivity contribution >= 4 is 5.82 Å². The van der Waals surface area contributed by atoms with Crippen LogP contribution in [0.5, 0.6) is 0 Å². The molecule has 1 saturated heterocycles. The van der Waals surface area contributed by atoms with Crippen LogP contribution in [0.25, 0.3) is 0 Å². The molecule has 1 aliphatic rings. The Morgan fingerprint density at radius 3 is 2.84 bits per heavy atom. The Morgan fingerprint density at radius 2 is 2.21 bits per heavy atom. The number of halogens is 3. The summed E-state index contributed by atoms with van der Waals surface area (Å²) in [7, 11) is 0. The number of aromatic nitrogens is 1. The molecule has 0 aromatic carbocycles. The van der Waals surface area contributed by atoms with E-state index < -0.39 is 11.7 Å². The molecular weight excluding hydrogens is 255 g/mol. The van der Waals surface area contributed by atoms with Gasteiger partial charge >= 0.3 is 6.18 Å². The van der Waals surface area contributed by atoms with Crippen molar-refractivity contribution < 1.29 is 13.2 Å². The van der Waals surface area contributed by atoms with Gasteiger partial charge < -0.3 is 10.6 Å². The largest absolute Gasteiger partial charge is 0.416 e. The minimum atomic E-state index is -4.33. The molecule has 1 aliphatic heterocycles. The molecule has 1 aromatic rings. The maximum absolute atomic E-state index is 12.7. The van der Waals surface area contributed by atoms with Gasteiger partial charge in [0.05, 0.1) is 5.56 Å². The van der Waals surface area contributed by atoms with Crippen molar-refractivity contribution in [3.8, 4) is 0 Å². The molecule has 0 aliphatic carbocycles. The maximum atomic E-state index is 12.7. The second-order valence-electron chi connectivity index (χ2n) is 5.11. The molecule has 106 valence electrons. The third-order valence-electron chi connectivity index (χ3n) is 3.81. The molecular formula is C13H18F3N3. The minimum absolute atomic E-state index is 0.310. The number of nitrogens with two attached hydrogens (primary N) is 1. The SMILES string of the molecule is CC1CCN(c2cc(C(F)(F)F)ccn2)CC1CN. The van der Waals surface area contributed by atoms with Crippen molar-refractivity contribution in [1.29, 1.82) is 0 Å². The van der Waals surface area contributed by atoms with Crippen LogP contribution in [0.1, 0.15) is 18.9 Å². The number of rotatable bonds is 2. The third-order valence-corrected chi connectivity index (χ3v) is 3.81. The van der Waals surface area contributed by atoms with E-state index in [4.69, 9.17) is 5.73 Å². The van der Waals surface area contributed by atoms with Gasteiger partial charge in [0.2, 0.25) is 0 Å². The maximum Gasteiger partial charge on any atom is 0.416 e. The first-order valence-electron chi connectivity index (χ1n) is 6.40. The summed E-state index contributed by atoms with van der Waals surface area (Å²) in [5.74, 6) is 1.21. The average Bonchev–Trinajstić information content (AvgIpc) is 2.38. The van der Waals surface area contributed by atoms with Crippen LogP contribution in [0.15, 0.2) is 18.3 Å². The van der Waals surface area contributed by atoms with Crippen molar-refractivity contribution in [2.24, 2.45) is 17.6 Å². The Kier molecular flexibility index (Phi) is 3.99. The normalized spacial score (nSPS) is 24.6. The Morgan fingerprint density at radius 1 is 1.47 bits per heavy atom. The van der Waals surface area contributed by atoms with E-state index in [2.05, 4.69) is 11.9 Å². The molecule has 0 radical (unpaired) electrons. The number of pyridine rings is 1. The first-order valence-corrected chi connectivity index (χ1v) is 6.40. The molecule has 2 heterocycles. The molecule has 0 bridgehead atoms. The highest BCUT2D eigenvalue weighted by molar-refractivity contribution is 5.42. The van der Waals surface area contributed by atoms with Gasteiger partial charge in [0.1, 0.15) is 5.82 Å². The molecule has 6 heteroatoms. The van der Waals surface area contributed by atoms with E-state index in [1.165, 1.54) is 6.20 Å². The van der Waals surface area contributed by atoms with E-state index in [9.17, 15) is 13.2 Å². The summed E-state index contributed by atoms with van der Waals surface area (Å²) in [6.45, 7) is 4.09. The van der Waals surface area contributed by atoms with E-state index in [1.54, 1.807) is 0 Å². The molecule has 2 rings (SSSR count). The Balaban J connectivity index is 2.18. The zero-order valence-electron chi connectivity index (χ0n) is 10.8. The Hall–Kier alpha value is -1.30. The molecule has 2 unspecified atom stereocenters. The lowest BCUT2D eigenvalue weighted by molar-refractivity contribution is -0.137. The van der Waals surface area contributed by atoms with Crippen molar-refractivity contribution in [1.82, 2.24) is 4.98 Å². The minimum Gasteiger partial charge on any atom is -0.356 e. The summed E-state index contributed by atoms with van der Waals surface area (Å²) in [4.78, 5) is 5.95. The molecule has 2 atom stereocenters. The number of anilines is 1. The summed E-state index contributed by atoms with van der Waals surface area (Å²) < 4.78 is 38.0. The van der Waals surface area contributed by atoms with Gasteiger partial charge in [0.15, 0.2) is 0 Å². The molecule has 0 saturated carbocycles. The topological polar surface area (TPSA) is 42.2 Å². The second-order valence-corrected chi connectivity index (χ2v) is 5.11. The molecule has 2 N–H and O–H groups in total. The highest BCUT2D eigenvalue weighted by Crippen LogP contribution is 2.32. The van der Waals surface area contributed by atoms with E-state index in [1.807, 2.05) is 4.90 Å². The Bertz CT molecular complexity index is 433. The summed E-state index contributed by atoms with van der Waals surface area (Å²) in [6.07, 6.45) is -2.18. The van der Waals surface area contributed by atoms with Gasteiger partial charge in [0.25, 0.3) is 0 Å². The molecule has 3 nitrogen and oxygen atoms in total. The van der Waals surface area contributed by atoms with Crippen LogP contribution in [-0.4, -0.2) is 24.6 Å². The van der Waals surface area contributed by atoms with E-state index in [0.29, 0.717) is 30.7 Å². The van der Waals surface area contributed by atoms with E-state index >= 15 is 0 Å². The predicted octanol–water partition coefficient (Wildman–Crippen LogP) is 2.52. The van der Waals surface area contributed by atoms with Crippen molar-refractivity contribution in [3.63, 3.8) is 0 Å². The second kappa shape index (κ2) is 5.36. The summed E-state index contributed by atoms with van der Waals surface area (Å²) >= 11 is 0. The number of nitrogens with zero attached hydrogens (tertiary/aromatic N) is 2. The van der Waals surface area contributed by atoms with Crippen molar-refractivity contribution in [3.05, 3.63) is 23.9 Å². The summed E-state index contributed by atoms with van der Waals surface area (Å²) in [6, 6.07) is 2.11. The first kappa shape index (κ1) is 14.1. The van der Waals surface area contributed by atoms with Gasteiger partial charge in [-0.2, -0.15) is 13.2 Å². The van der Waals surface area contributed by atoms with Crippen LogP contribution in [0.2, 0.25) is 0 Å². The molecule has 1 fully saturated rings. The van der Waals surface area contributed by atoms with Crippen LogP contribution in [0, 0.1) is 11.8 Å². The van der Waals surface area contributed by atoms with E-state index in [0.717, 1.165) is 25.1 Å². The molecule has 1 aromatic heterocycles. The quantitative estimate of drug-likeness (QED) is 0.900. The average molecular weight is 273 g/mol. The molecule has 19 heavy (non-hydrogen) atoms. The molecule has 0 amide bonds. The van der Waals surface area contributed by atoms with E-state index in [-0.39, 0.29) is 0 Å². The molecule has 0 spiro atoms. The van der Waals surface area contributed by atoms with Gasteiger partial charge in [-0.25, -0.2) is 4.98 Å². The van der Waals surface area contributed by atoms with Gasteiger partial charge in [-0.15, -0.1) is 0 Å². The lowest BCUT2D eigenvalue weighted by Gasteiger charge is -2.37. The highest BCUT2D eigenvalue weighted by Gasteiger charge is 2.32. The summed E-state index contributed by atoms with van der Waals surface area (Å²) in [5.41, 5.74) is 5.05. The van der Waals surface area contributed by atoms with Gasteiger partial charge in [-0.05, 0) is 36.9 Å². The van der Waals surface area contributed by atoms with Crippen LogP contribution in [0.3, 0.4) is 0 Å². The van der Waals surface area contributed by atoms with Gasteiger partial charge in [-0.1, -0.05) is 6.92 Å². The smallest absolute Gasteiger partial charge is 0.356 e. The monoisotopic (exact) mass is 273 g/mol. The van der Waals surface area contributed by atoms with Gasteiger partial charge in [0, 0.05) is 19.3 Å². The van der Waals surface area contributed by atoms with Crippen molar-refractivity contribution in [2.75, 3.05) is 24.5 Å². The van der Waals surface area contributed by atoms with Crippen LogP contribution >= 0.6 is 0 Å². The lowest BCUT2D eigenvalue weighted by atomic mass is 9.87. The first-order chi connectivity index (χ1) is 8.91. The fourth-order valence-electron chi connectivity index (χ4n) is 2.43. The fourth-order valence-corrected chi connectivity index (χ4v) is 2.43. The standard InChI is InChI=1S/C13H18F3N3/c1-9-3-5-19(8-10(9)7-17)12-6-11(2-4-18-12)13(14,15)16/h2,4,6,9-10H,3,5,7-8,17H2,1H3. The number of hydrogen-bond acceptors (Lipinski definition) is 3.